The number of carbonyl (C=O) groups excluding carboxylic acids is 1. The zero-order valence-electron chi connectivity index (χ0n) is 15.9. The molecule has 3 aromatic carbocycles. The second-order valence-corrected chi connectivity index (χ2v) is 7.12. The average Bonchev–Trinajstić information content (AvgIpc) is 2.73. The highest BCUT2D eigenvalue weighted by molar-refractivity contribution is 6.31. The molecule has 0 aliphatic carbocycles. The number of hydrogen-bond donors (Lipinski definition) is 1. The van der Waals surface area contributed by atoms with Crippen molar-refractivity contribution in [3.63, 3.8) is 0 Å². The zero-order valence-corrected chi connectivity index (χ0v) is 16.7. The molecule has 3 rings (SSSR count). The first kappa shape index (κ1) is 20.0. The molecule has 0 aliphatic heterocycles. The third-order valence-corrected chi connectivity index (χ3v) is 5.08. The third-order valence-electron chi connectivity index (χ3n) is 4.66. The van der Waals surface area contributed by atoms with Crippen LogP contribution in [0.5, 0.6) is 5.75 Å². The molecule has 3 nitrogen and oxygen atoms in total. The van der Waals surface area contributed by atoms with Crippen LogP contribution in [-0.2, 0) is 4.79 Å². The van der Waals surface area contributed by atoms with Crippen molar-refractivity contribution in [3.8, 4) is 5.75 Å². The molecule has 0 unspecified atom stereocenters. The fourth-order valence-corrected chi connectivity index (χ4v) is 3.28. The van der Waals surface area contributed by atoms with Gasteiger partial charge in [0.2, 0.25) is 0 Å². The van der Waals surface area contributed by atoms with Crippen molar-refractivity contribution in [1.82, 2.24) is 5.32 Å². The second kappa shape index (κ2) is 9.95. The second-order valence-electron chi connectivity index (χ2n) is 6.71. The van der Waals surface area contributed by atoms with Gasteiger partial charge in [-0.15, -0.1) is 0 Å². The number of nitrogens with one attached hydrogen (secondary N) is 1. The summed E-state index contributed by atoms with van der Waals surface area (Å²) in [7, 11) is 0. The van der Waals surface area contributed by atoms with Gasteiger partial charge in [-0.05, 0) is 48.2 Å². The van der Waals surface area contributed by atoms with E-state index in [4.69, 9.17) is 16.3 Å². The maximum atomic E-state index is 12.2. The molecule has 28 heavy (non-hydrogen) atoms. The number of carbonyl (C=O) groups is 1. The van der Waals surface area contributed by atoms with Gasteiger partial charge in [-0.25, -0.2) is 0 Å². The number of halogens is 1. The first-order valence-corrected chi connectivity index (χ1v) is 9.77. The van der Waals surface area contributed by atoms with Gasteiger partial charge in [0, 0.05) is 17.5 Å². The molecule has 0 aromatic heterocycles. The highest BCUT2D eigenvalue weighted by atomic mass is 35.5. The number of rotatable bonds is 8. The van der Waals surface area contributed by atoms with Crippen LogP contribution < -0.4 is 10.1 Å². The molecule has 1 amide bonds. The third kappa shape index (κ3) is 5.61. The van der Waals surface area contributed by atoms with Gasteiger partial charge in [0.15, 0.2) is 6.61 Å². The minimum Gasteiger partial charge on any atom is -0.484 e. The monoisotopic (exact) mass is 393 g/mol. The van der Waals surface area contributed by atoms with Crippen LogP contribution in [-0.4, -0.2) is 19.1 Å². The lowest BCUT2D eigenvalue weighted by Crippen LogP contribution is -2.30. The Morgan fingerprint density at radius 2 is 1.57 bits per heavy atom. The topological polar surface area (TPSA) is 38.3 Å². The Labute approximate surface area is 171 Å². The molecule has 0 saturated heterocycles. The number of amides is 1. The van der Waals surface area contributed by atoms with Crippen LogP contribution in [0.4, 0.5) is 0 Å². The highest BCUT2D eigenvalue weighted by Gasteiger charge is 2.14. The zero-order chi connectivity index (χ0) is 19.8. The van der Waals surface area contributed by atoms with Crippen molar-refractivity contribution in [2.24, 2.45) is 0 Å². The van der Waals surface area contributed by atoms with E-state index < -0.39 is 0 Å². The first-order chi connectivity index (χ1) is 13.6. The molecule has 0 saturated carbocycles. The summed E-state index contributed by atoms with van der Waals surface area (Å²) in [6.45, 7) is 2.47. The molecule has 3 aromatic rings. The summed E-state index contributed by atoms with van der Waals surface area (Å²) >= 11 is 6.01. The predicted molar refractivity (Wildman–Crippen MR) is 114 cm³/mol. The summed E-state index contributed by atoms with van der Waals surface area (Å²) in [5, 5.41) is 3.64. The molecule has 0 radical (unpaired) electrons. The van der Waals surface area contributed by atoms with Crippen LogP contribution in [0.25, 0.3) is 0 Å². The largest absolute Gasteiger partial charge is 0.484 e. The normalized spacial score (nSPS) is 10.7. The van der Waals surface area contributed by atoms with Crippen molar-refractivity contribution in [1.29, 1.82) is 0 Å². The van der Waals surface area contributed by atoms with Gasteiger partial charge < -0.3 is 10.1 Å². The summed E-state index contributed by atoms with van der Waals surface area (Å²) < 4.78 is 5.56. The van der Waals surface area contributed by atoms with Crippen LogP contribution in [0.1, 0.15) is 29.0 Å². The van der Waals surface area contributed by atoms with Crippen LogP contribution in [0.2, 0.25) is 5.02 Å². The molecular weight excluding hydrogens is 370 g/mol. The Morgan fingerprint density at radius 3 is 2.14 bits per heavy atom. The summed E-state index contributed by atoms with van der Waals surface area (Å²) in [4.78, 5) is 12.2. The Balaban J connectivity index is 1.53. The van der Waals surface area contributed by atoms with Gasteiger partial charge in [0.1, 0.15) is 5.75 Å². The summed E-state index contributed by atoms with van der Waals surface area (Å²) in [6.07, 6.45) is 0.819. The minimum atomic E-state index is -0.132. The fraction of sp³-hybridized carbons (Fsp3) is 0.208. The molecule has 4 heteroatoms. The van der Waals surface area contributed by atoms with Gasteiger partial charge >= 0.3 is 0 Å². The molecule has 0 heterocycles. The van der Waals surface area contributed by atoms with Crippen molar-refractivity contribution >= 4 is 17.5 Å². The predicted octanol–water partition coefficient (Wildman–Crippen LogP) is 5.37. The SMILES string of the molecule is Cc1cc(OCC(=O)NCCC(c2ccccc2)c2ccccc2)ccc1Cl. The number of hydrogen-bond acceptors (Lipinski definition) is 2. The van der Waals surface area contributed by atoms with E-state index in [9.17, 15) is 4.79 Å². The lowest BCUT2D eigenvalue weighted by molar-refractivity contribution is -0.123. The minimum absolute atomic E-state index is 0.0115. The smallest absolute Gasteiger partial charge is 0.257 e. The molecule has 0 fully saturated rings. The van der Waals surface area contributed by atoms with Gasteiger partial charge in [-0.2, -0.15) is 0 Å². The van der Waals surface area contributed by atoms with Crippen LogP contribution in [0.15, 0.2) is 78.9 Å². The molecule has 0 bridgehead atoms. The van der Waals surface area contributed by atoms with E-state index in [0.29, 0.717) is 17.3 Å². The summed E-state index contributed by atoms with van der Waals surface area (Å²) in [5.41, 5.74) is 3.42. The molecular formula is C24H24ClNO2. The first-order valence-electron chi connectivity index (χ1n) is 9.39. The Hall–Kier alpha value is -2.78. The van der Waals surface area contributed by atoms with E-state index in [1.807, 2.05) is 49.4 Å². The highest BCUT2D eigenvalue weighted by Crippen LogP contribution is 2.27. The lowest BCUT2D eigenvalue weighted by atomic mass is 9.88. The molecule has 1 N–H and O–H groups in total. The van der Waals surface area contributed by atoms with Gasteiger partial charge in [-0.1, -0.05) is 72.3 Å². The van der Waals surface area contributed by atoms with E-state index in [1.54, 1.807) is 12.1 Å². The number of ether oxygens (including phenoxy) is 1. The van der Waals surface area contributed by atoms with Crippen LogP contribution >= 0.6 is 11.6 Å². The van der Waals surface area contributed by atoms with Crippen molar-refractivity contribution in [2.75, 3.05) is 13.2 Å². The van der Waals surface area contributed by atoms with E-state index in [-0.39, 0.29) is 18.4 Å². The molecule has 144 valence electrons. The Morgan fingerprint density at radius 1 is 0.964 bits per heavy atom. The van der Waals surface area contributed by atoms with Crippen molar-refractivity contribution < 1.29 is 9.53 Å². The standard InChI is InChI=1S/C24H24ClNO2/c1-18-16-21(12-13-23(18)25)28-17-24(27)26-15-14-22(19-8-4-2-5-9-19)20-10-6-3-7-11-20/h2-13,16,22H,14-15,17H2,1H3,(H,26,27). The summed E-state index contributed by atoms with van der Waals surface area (Å²) in [6, 6.07) is 26.1. The number of aryl methyl sites for hydroxylation is 1. The number of benzene rings is 3. The lowest BCUT2D eigenvalue weighted by Gasteiger charge is -2.18. The van der Waals surface area contributed by atoms with Crippen molar-refractivity contribution in [3.05, 3.63) is 101 Å². The quantitative estimate of drug-likeness (QED) is 0.559. The van der Waals surface area contributed by atoms with Gasteiger partial charge in [0.05, 0.1) is 0 Å². The van der Waals surface area contributed by atoms with Gasteiger partial charge in [-0.3, -0.25) is 4.79 Å². The van der Waals surface area contributed by atoms with Crippen LogP contribution in [0, 0.1) is 6.92 Å². The Bertz CT molecular complexity index is 857. The molecule has 0 spiro atoms. The van der Waals surface area contributed by atoms with Gasteiger partial charge in [0.25, 0.3) is 5.91 Å². The average molecular weight is 394 g/mol. The van der Waals surface area contributed by atoms with E-state index in [0.717, 1.165) is 12.0 Å². The van der Waals surface area contributed by atoms with Crippen LogP contribution in [0.3, 0.4) is 0 Å². The summed E-state index contributed by atoms with van der Waals surface area (Å²) in [5.74, 6) is 0.749. The maximum Gasteiger partial charge on any atom is 0.257 e. The van der Waals surface area contributed by atoms with E-state index in [1.165, 1.54) is 11.1 Å². The fourth-order valence-electron chi connectivity index (χ4n) is 3.16. The van der Waals surface area contributed by atoms with E-state index >= 15 is 0 Å². The maximum absolute atomic E-state index is 12.2. The van der Waals surface area contributed by atoms with Crippen molar-refractivity contribution in [2.45, 2.75) is 19.3 Å². The molecule has 0 atom stereocenters. The van der Waals surface area contributed by atoms with E-state index in [2.05, 4.69) is 29.6 Å². The molecule has 0 aliphatic rings. The Kier molecular flexibility index (Phi) is 7.10.